The zero-order valence-electron chi connectivity index (χ0n) is 8.70. The summed E-state index contributed by atoms with van der Waals surface area (Å²) in [5, 5.41) is 2.65. The molecular weight excluding hydrogens is 198 g/mol. The summed E-state index contributed by atoms with van der Waals surface area (Å²) in [6, 6.07) is 0.0406. The van der Waals surface area contributed by atoms with Crippen LogP contribution in [0.2, 0.25) is 0 Å². The lowest BCUT2D eigenvalue weighted by atomic mass is 10.3. The molecule has 1 saturated heterocycles. The van der Waals surface area contributed by atoms with E-state index in [4.69, 9.17) is 0 Å². The number of hydrogen-bond donors (Lipinski definition) is 2. The van der Waals surface area contributed by atoms with Gasteiger partial charge in [-0.25, -0.2) is 4.79 Å². The Labute approximate surface area is 91.0 Å². The molecule has 82 valence electrons. The molecule has 0 spiro atoms. The second-order valence-electron chi connectivity index (χ2n) is 3.46. The third-order valence-electron chi connectivity index (χ3n) is 2.51. The second kappa shape index (κ2) is 6.14. The maximum Gasteiger partial charge on any atom is 0.317 e. The quantitative estimate of drug-likeness (QED) is 0.665. The summed E-state index contributed by atoms with van der Waals surface area (Å²) in [5.41, 5.74) is 0. The van der Waals surface area contributed by atoms with E-state index in [-0.39, 0.29) is 6.03 Å². The van der Waals surface area contributed by atoms with Crippen molar-refractivity contribution < 1.29 is 4.79 Å². The van der Waals surface area contributed by atoms with Crippen molar-refractivity contribution >= 4 is 18.7 Å². The molecule has 5 heteroatoms. The van der Waals surface area contributed by atoms with Crippen molar-refractivity contribution in [2.45, 2.75) is 6.42 Å². The Morgan fingerprint density at radius 3 is 2.50 bits per heavy atom. The van der Waals surface area contributed by atoms with Crippen molar-refractivity contribution in [2.75, 3.05) is 45.5 Å². The fourth-order valence-electron chi connectivity index (χ4n) is 1.63. The zero-order chi connectivity index (χ0) is 10.4. The summed E-state index contributed by atoms with van der Waals surface area (Å²) in [6.07, 6.45) is 1.13. The zero-order valence-corrected chi connectivity index (χ0v) is 9.59. The van der Waals surface area contributed by atoms with Crippen LogP contribution in [0.3, 0.4) is 0 Å². The van der Waals surface area contributed by atoms with Crippen LogP contribution < -0.4 is 5.32 Å². The lowest BCUT2D eigenvalue weighted by Gasteiger charge is -2.34. The van der Waals surface area contributed by atoms with Gasteiger partial charge in [0.1, 0.15) is 0 Å². The van der Waals surface area contributed by atoms with E-state index in [1.807, 2.05) is 4.90 Å². The van der Waals surface area contributed by atoms with Gasteiger partial charge in [0.2, 0.25) is 0 Å². The summed E-state index contributed by atoms with van der Waals surface area (Å²) < 4.78 is 0. The average Bonchev–Trinajstić information content (AvgIpc) is 2.26. The van der Waals surface area contributed by atoms with Gasteiger partial charge in [-0.2, -0.15) is 12.6 Å². The van der Waals surface area contributed by atoms with E-state index < -0.39 is 0 Å². The number of carbonyl (C=O) groups is 1. The number of nitrogens with zero attached hydrogens (tertiary/aromatic N) is 2. The molecular formula is C9H19N3OS. The number of urea groups is 1. The van der Waals surface area contributed by atoms with Crippen molar-refractivity contribution in [2.24, 2.45) is 0 Å². The van der Waals surface area contributed by atoms with E-state index in [2.05, 4.69) is 22.8 Å². The highest BCUT2D eigenvalue weighted by atomic mass is 32.1. The first-order valence-corrected chi connectivity index (χ1v) is 5.71. The number of rotatable bonds is 3. The van der Waals surface area contributed by atoms with Crippen LogP contribution >= 0.6 is 12.6 Å². The minimum absolute atomic E-state index is 0.0406. The fourth-order valence-corrected chi connectivity index (χ4v) is 1.77. The maximum absolute atomic E-state index is 11.3. The molecule has 0 atom stereocenters. The number of hydrogen-bond acceptors (Lipinski definition) is 3. The molecule has 0 bridgehead atoms. The highest BCUT2D eigenvalue weighted by molar-refractivity contribution is 7.80. The summed E-state index contributed by atoms with van der Waals surface area (Å²) in [4.78, 5) is 15.5. The Morgan fingerprint density at radius 2 is 2.00 bits per heavy atom. The van der Waals surface area contributed by atoms with Crippen LogP contribution in [0.15, 0.2) is 0 Å². The van der Waals surface area contributed by atoms with Crippen LogP contribution in [-0.2, 0) is 0 Å². The van der Waals surface area contributed by atoms with Crippen LogP contribution in [0.25, 0.3) is 0 Å². The number of carbonyl (C=O) groups excluding carboxylic acids is 1. The topological polar surface area (TPSA) is 35.6 Å². The highest BCUT2D eigenvalue weighted by Gasteiger charge is 2.19. The van der Waals surface area contributed by atoms with Crippen LogP contribution in [0.5, 0.6) is 0 Å². The number of nitrogens with one attached hydrogen (secondary N) is 1. The van der Waals surface area contributed by atoms with Crippen LogP contribution in [0, 0.1) is 0 Å². The summed E-state index contributed by atoms with van der Waals surface area (Å²) >= 11 is 4.18. The Morgan fingerprint density at radius 1 is 1.36 bits per heavy atom. The van der Waals surface area contributed by atoms with E-state index in [9.17, 15) is 4.79 Å². The first kappa shape index (κ1) is 11.7. The molecule has 1 rings (SSSR count). The molecule has 1 fully saturated rings. The molecule has 0 aromatic rings. The molecule has 0 aliphatic carbocycles. The van der Waals surface area contributed by atoms with Gasteiger partial charge in [0.15, 0.2) is 0 Å². The average molecular weight is 217 g/mol. The molecule has 1 aliphatic rings. The summed E-state index contributed by atoms with van der Waals surface area (Å²) in [6.45, 7) is 4.76. The van der Waals surface area contributed by atoms with E-state index in [0.29, 0.717) is 0 Å². The Balaban J connectivity index is 2.20. The van der Waals surface area contributed by atoms with Gasteiger partial charge in [-0.3, -0.25) is 4.90 Å². The smallest absolute Gasteiger partial charge is 0.317 e. The third-order valence-corrected chi connectivity index (χ3v) is 2.82. The van der Waals surface area contributed by atoms with E-state index in [0.717, 1.165) is 44.9 Å². The van der Waals surface area contributed by atoms with Gasteiger partial charge in [0, 0.05) is 33.2 Å². The van der Waals surface area contributed by atoms with Gasteiger partial charge in [-0.05, 0) is 18.7 Å². The van der Waals surface area contributed by atoms with Crippen molar-refractivity contribution in [1.82, 2.24) is 15.1 Å². The van der Waals surface area contributed by atoms with E-state index in [1.54, 1.807) is 7.05 Å². The molecule has 2 amide bonds. The lowest BCUT2D eigenvalue weighted by Crippen LogP contribution is -2.51. The summed E-state index contributed by atoms with van der Waals surface area (Å²) in [5.74, 6) is 0.940. The third kappa shape index (κ3) is 3.38. The van der Waals surface area contributed by atoms with Crippen LogP contribution in [-0.4, -0.2) is 61.4 Å². The van der Waals surface area contributed by atoms with Crippen molar-refractivity contribution in [3.63, 3.8) is 0 Å². The van der Waals surface area contributed by atoms with Crippen molar-refractivity contribution in [3.05, 3.63) is 0 Å². The molecule has 1 aliphatic heterocycles. The van der Waals surface area contributed by atoms with E-state index in [1.165, 1.54) is 0 Å². The first-order chi connectivity index (χ1) is 6.77. The molecule has 14 heavy (non-hydrogen) atoms. The van der Waals surface area contributed by atoms with Crippen LogP contribution in [0.4, 0.5) is 4.79 Å². The van der Waals surface area contributed by atoms with Crippen LogP contribution in [0.1, 0.15) is 6.42 Å². The molecule has 0 saturated carbocycles. The predicted octanol–water partition coefficient (Wildman–Crippen LogP) is 0.263. The number of piperazine rings is 1. The molecule has 4 nitrogen and oxygen atoms in total. The number of thiol groups is 1. The lowest BCUT2D eigenvalue weighted by molar-refractivity contribution is 0.141. The monoisotopic (exact) mass is 217 g/mol. The molecule has 1 N–H and O–H groups in total. The Kier molecular flexibility index (Phi) is 5.11. The minimum Gasteiger partial charge on any atom is -0.341 e. The highest BCUT2D eigenvalue weighted by Crippen LogP contribution is 2.02. The fraction of sp³-hybridized carbons (Fsp3) is 0.889. The number of amides is 2. The van der Waals surface area contributed by atoms with Gasteiger partial charge >= 0.3 is 6.03 Å². The van der Waals surface area contributed by atoms with E-state index >= 15 is 0 Å². The second-order valence-corrected chi connectivity index (χ2v) is 3.91. The molecule has 0 aromatic carbocycles. The maximum atomic E-state index is 11.3. The Hall–Kier alpha value is -0.420. The van der Waals surface area contributed by atoms with Crippen molar-refractivity contribution in [1.29, 1.82) is 0 Å². The largest absolute Gasteiger partial charge is 0.341 e. The molecule has 0 unspecified atom stereocenters. The summed E-state index contributed by atoms with van der Waals surface area (Å²) in [7, 11) is 1.68. The molecule has 1 heterocycles. The van der Waals surface area contributed by atoms with Gasteiger partial charge in [-0.1, -0.05) is 0 Å². The minimum atomic E-state index is 0.0406. The molecule has 0 radical (unpaired) electrons. The van der Waals surface area contributed by atoms with Gasteiger partial charge in [0.05, 0.1) is 0 Å². The molecule has 0 aromatic heterocycles. The normalized spacial score (nSPS) is 18.3. The predicted molar refractivity (Wildman–Crippen MR) is 60.9 cm³/mol. The Bertz CT molecular complexity index is 181. The SMILES string of the molecule is CNC(=O)N1CCN(CCCS)CC1. The first-order valence-electron chi connectivity index (χ1n) is 5.08. The van der Waals surface area contributed by atoms with Gasteiger partial charge in [0.25, 0.3) is 0 Å². The van der Waals surface area contributed by atoms with Gasteiger partial charge in [-0.15, -0.1) is 0 Å². The van der Waals surface area contributed by atoms with Crippen molar-refractivity contribution in [3.8, 4) is 0 Å². The van der Waals surface area contributed by atoms with Gasteiger partial charge < -0.3 is 10.2 Å². The standard InChI is InChI=1S/C9H19N3OS/c1-10-9(13)12-6-4-11(5-7-12)3-2-8-14/h14H,2-8H2,1H3,(H,10,13).